The zero-order valence-corrected chi connectivity index (χ0v) is 26.5. The fourth-order valence-electron chi connectivity index (χ4n) is 2.57. The summed E-state index contributed by atoms with van der Waals surface area (Å²) in [6.07, 6.45) is 12.3. The smallest absolute Gasteiger partial charge is 0.184 e. The molecule has 2 fully saturated rings. The van der Waals surface area contributed by atoms with Gasteiger partial charge in [0.2, 0.25) is 0 Å². The quantitative estimate of drug-likeness (QED) is 0.264. The van der Waals surface area contributed by atoms with Crippen molar-refractivity contribution in [2.24, 2.45) is 0 Å². The standard InChI is InChI=1S/C16H36O2PSi4.C5H5.Fe/c1-20(2,3)15-13(17-22(7,8)9)14(18-23(10,11)12)16(19-15)21(4,5)6;1-2-4-5-3-1;/h1-12H3;1-5H;. The second-order valence-corrected chi connectivity index (χ2v) is 32.2. The van der Waals surface area contributed by atoms with Crippen LogP contribution in [-0.4, -0.2) is 32.8 Å². The van der Waals surface area contributed by atoms with E-state index in [1.807, 2.05) is 32.1 Å². The molecule has 0 aromatic heterocycles. The molecule has 166 valence electrons. The van der Waals surface area contributed by atoms with E-state index in [9.17, 15) is 0 Å². The maximum absolute atomic E-state index is 6.63. The SMILES string of the molecule is C[Si](C)(C)O[C]1[C](O[Si](C)(C)C)[C]([Si](C)(C)C)[P][C]1[Si](C)(C)C.[CH]1[CH][CH][CH][CH]1.[Fe]. The van der Waals surface area contributed by atoms with E-state index >= 15 is 0 Å². The van der Waals surface area contributed by atoms with E-state index in [1.54, 1.807) is 10.6 Å². The largest absolute Gasteiger partial charge is 0.405 e. The molecule has 0 bridgehead atoms. The first kappa shape index (κ1) is 30.7. The van der Waals surface area contributed by atoms with Crippen molar-refractivity contribution in [3.8, 4) is 0 Å². The van der Waals surface area contributed by atoms with Crippen molar-refractivity contribution in [1.29, 1.82) is 0 Å². The molecular weight excluding hydrogens is 483 g/mol. The number of rotatable bonds is 6. The predicted octanol–water partition coefficient (Wildman–Crippen LogP) is 7.55. The van der Waals surface area contributed by atoms with Gasteiger partial charge in [-0.3, -0.25) is 0 Å². The van der Waals surface area contributed by atoms with E-state index < -0.39 is 32.8 Å². The summed E-state index contributed by atoms with van der Waals surface area (Å²) in [7, 11) is -4.83. The Kier molecular flexibility index (Phi) is 12.4. The minimum absolute atomic E-state index is 0. The fraction of sp³-hybridized carbons (Fsp3) is 0.571. The van der Waals surface area contributed by atoms with Gasteiger partial charge in [-0.05, 0) is 71.4 Å². The molecule has 0 unspecified atom stereocenters. The Balaban J connectivity index is 0.00000113. The van der Waals surface area contributed by atoms with Gasteiger partial charge in [0.25, 0.3) is 0 Å². The van der Waals surface area contributed by atoms with Crippen LogP contribution in [-0.2, 0) is 25.9 Å². The van der Waals surface area contributed by atoms with Crippen molar-refractivity contribution in [3.05, 3.63) is 54.9 Å². The molecular formula is C21H41FeO2PSi4. The normalized spacial score (nSPS) is 21.1. The molecule has 1 aliphatic heterocycles. The Morgan fingerprint density at radius 3 is 0.931 bits per heavy atom. The van der Waals surface area contributed by atoms with Crippen LogP contribution >= 0.6 is 8.58 Å². The summed E-state index contributed by atoms with van der Waals surface area (Å²) in [6.45, 7) is 28.2. The van der Waals surface area contributed by atoms with Gasteiger partial charge in [-0.25, -0.2) is 0 Å². The van der Waals surface area contributed by atoms with Crippen molar-refractivity contribution in [2.45, 2.75) is 78.6 Å². The molecule has 2 nitrogen and oxygen atoms in total. The third-order valence-electron chi connectivity index (χ3n) is 3.65. The Morgan fingerprint density at radius 2 is 0.759 bits per heavy atom. The average molecular weight is 525 g/mol. The zero-order chi connectivity index (χ0) is 22.0. The van der Waals surface area contributed by atoms with Gasteiger partial charge in [-0.1, -0.05) is 47.9 Å². The van der Waals surface area contributed by atoms with Gasteiger partial charge in [-0.15, -0.1) is 0 Å². The van der Waals surface area contributed by atoms with Crippen molar-refractivity contribution in [2.75, 3.05) is 0 Å². The summed E-state index contributed by atoms with van der Waals surface area (Å²) < 4.78 is 13.3. The average Bonchev–Trinajstić information content (AvgIpc) is 3.06. The Bertz CT molecular complexity index is 431. The molecule has 1 saturated heterocycles. The van der Waals surface area contributed by atoms with Crippen LogP contribution in [0.5, 0.6) is 0 Å². The summed E-state index contributed by atoms with van der Waals surface area (Å²) in [6, 6.07) is 0. The first-order chi connectivity index (χ1) is 12.4. The van der Waals surface area contributed by atoms with Gasteiger partial charge >= 0.3 is 0 Å². The van der Waals surface area contributed by atoms with E-state index in [-0.39, 0.29) is 17.1 Å². The van der Waals surface area contributed by atoms with Crippen LogP contribution < -0.4 is 0 Å². The molecule has 0 aromatic carbocycles. The molecule has 1 aliphatic carbocycles. The van der Waals surface area contributed by atoms with Gasteiger partial charge in [0.05, 0.1) is 16.1 Å². The second-order valence-electron chi connectivity index (χ2n) is 11.4. The van der Waals surface area contributed by atoms with Crippen LogP contribution in [0.25, 0.3) is 0 Å². The van der Waals surface area contributed by atoms with Crippen LogP contribution in [0.15, 0.2) is 0 Å². The molecule has 0 aromatic rings. The summed E-state index contributed by atoms with van der Waals surface area (Å²) in [4.78, 5) is 0. The Hall–Kier alpha value is 1.74. The summed E-state index contributed by atoms with van der Waals surface area (Å²) in [5.74, 6) is 0. The topological polar surface area (TPSA) is 18.5 Å². The van der Waals surface area contributed by atoms with E-state index in [0.717, 1.165) is 12.2 Å². The Labute approximate surface area is 200 Å². The number of hydrogen-bond acceptors (Lipinski definition) is 2. The molecule has 2 rings (SSSR count). The maximum Gasteiger partial charge on any atom is 0.184 e. The van der Waals surface area contributed by atoms with Crippen LogP contribution in [0.1, 0.15) is 0 Å². The minimum atomic E-state index is -1.67. The Morgan fingerprint density at radius 1 is 0.517 bits per heavy atom. The fourth-order valence-corrected chi connectivity index (χ4v) is 10.7. The maximum atomic E-state index is 6.63. The van der Waals surface area contributed by atoms with E-state index in [0.29, 0.717) is 0 Å². The molecule has 10 radical (unpaired) electrons. The van der Waals surface area contributed by atoms with Crippen LogP contribution in [0.2, 0.25) is 78.6 Å². The van der Waals surface area contributed by atoms with Gasteiger partial charge in [0.1, 0.15) is 12.2 Å². The van der Waals surface area contributed by atoms with Crippen LogP contribution in [0.3, 0.4) is 0 Å². The molecule has 0 atom stereocenters. The summed E-state index contributed by atoms with van der Waals surface area (Å²) in [5, 5.41) is 3.09. The molecule has 29 heavy (non-hydrogen) atoms. The third-order valence-corrected chi connectivity index (χ3v) is 14.1. The van der Waals surface area contributed by atoms with Crippen molar-refractivity contribution in [1.82, 2.24) is 0 Å². The van der Waals surface area contributed by atoms with Crippen LogP contribution in [0.4, 0.5) is 0 Å². The van der Waals surface area contributed by atoms with Gasteiger partial charge in [0.15, 0.2) is 16.6 Å². The van der Waals surface area contributed by atoms with Gasteiger partial charge in [0, 0.05) is 27.6 Å². The van der Waals surface area contributed by atoms with Gasteiger partial charge in [-0.2, -0.15) is 0 Å². The molecule has 1 heterocycles. The molecule has 8 heteroatoms. The summed E-state index contributed by atoms with van der Waals surface area (Å²) in [5.41, 5.74) is 0. The number of hydrogen-bond donors (Lipinski definition) is 0. The van der Waals surface area contributed by atoms with E-state index in [1.165, 1.54) is 8.58 Å². The molecule has 0 amide bonds. The minimum Gasteiger partial charge on any atom is -0.405 e. The molecule has 0 N–H and O–H groups in total. The predicted molar refractivity (Wildman–Crippen MR) is 137 cm³/mol. The molecule has 0 spiro atoms. The van der Waals surface area contributed by atoms with Crippen molar-refractivity contribution in [3.63, 3.8) is 0 Å². The molecule has 1 saturated carbocycles. The van der Waals surface area contributed by atoms with Crippen molar-refractivity contribution < 1.29 is 25.9 Å². The zero-order valence-electron chi connectivity index (χ0n) is 20.5. The summed E-state index contributed by atoms with van der Waals surface area (Å²) >= 11 is 0. The van der Waals surface area contributed by atoms with E-state index in [2.05, 4.69) is 78.6 Å². The van der Waals surface area contributed by atoms with E-state index in [4.69, 9.17) is 8.85 Å². The van der Waals surface area contributed by atoms with Crippen molar-refractivity contribution >= 4 is 41.4 Å². The molecule has 2 aliphatic rings. The third kappa shape index (κ3) is 11.4. The van der Waals surface area contributed by atoms with Gasteiger partial charge < -0.3 is 8.85 Å². The second kappa shape index (κ2) is 11.7. The monoisotopic (exact) mass is 524 g/mol. The van der Waals surface area contributed by atoms with Crippen LogP contribution in [0, 0.1) is 54.9 Å². The first-order valence-corrected chi connectivity index (χ1v) is 24.9. The first-order valence-electron chi connectivity index (χ1n) is 10.2.